The van der Waals surface area contributed by atoms with E-state index in [4.69, 9.17) is 9.16 Å². The fraction of sp³-hybridized carbons (Fsp3) is 0.722. The predicted octanol–water partition coefficient (Wildman–Crippen LogP) is 5.24. The van der Waals surface area contributed by atoms with Gasteiger partial charge >= 0.3 is 5.97 Å². The van der Waals surface area contributed by atoms with Gasteiger partial charge in [0.1, 0.15) is 6.61 Å². The van der Waals surface area contributed by atoms with E-state index in [0.717, 1.165) is 19.4 Å². The number of ether oxygens (including phenoxy) is 1. The van der Waals surface area contributed by atoms with E-state index in [1.807, 2.05) is 6.08 Å². The van der Waals surface area contributed by atoms with Gasteiger partial charge in [-0.05, 0) is 50.9 Å². The van der Waals surface area contributed by atoms with Crippen molar-refractivity contribution in [1.82, 2.24) is 0 Å². The van der Waals surface area contributed by atoms with Crippen LogP contribution in [0.1, 0.15) is 54.4 Å². The minimum Gasteiger partial charge on any atom is -0.462 e. The van der Waals surface area contributed by atoms with Crippen molar-refractivity contribution in [2.45, 2.75) is 72.5 Å². The van der Waals surface area contributed by atoms with Crippen molar-refractivity contribution in [2.75, 3.05) is 13.2 Å². The summed E-state index contributed by atoms with van der Waals surface area (Å²) in [5.74, 6) is -0.234. The molecule has 0 rings (SSSR count). The topological polar surface area (TPSA) is 35.5 Å². The van der Waals surface area contributed by atoms with E-state index in [2.05, 4.69) is 53.8 Å². The van der Waals surface area contributed by atoms with E-state index in [0.29, 0.717) is 6.61 Å². The summed E-state index contributed by atoms with van der Waals surface area (Å²) in [4.78, 5) is 10.7. The molecule has 0 aromatic carbocycles. The summed E-state index contributed by atoms with van der Waals surface area (Å²) in [6.07, 6.45) is 6.20. The molecule has 22 heavy (non-hydrogen) atoms. The molecule has 0 atom stereocenters. The normalized spacial score (nSPS) is 14.2. The number of hydrogen-bond donors (Lipinski definition) is 0. The monoisotopic (exact) mass is 326 g/mol. The summed E-state index contributed by atoms with van der Waals surface area (Å²) in [6, 6.07) is 0. The Morgan fingerprint density at radius 2 is 1.64 bits per heavy atom. The molecule has 0 radical (unpaired) electrons. The second-order valence-electron chi connectivity index (χ2n) is 7.49. The SMILES string of the molecule is CC(=O)OC/C=C(\C)CC/C=C(\C)CO[Si](C)(C)C(C)(C)C. The fourth-order valence-electron chi connectivity index (χ4n) is 1.52. The van der Waals surface area contributed by atoms with Crippen molar-refractivity contribution >= 4 is 14.3 Å². The molecule has 0 heterocycles. The van der Waals surface area contributed by atoms with Crippen LogP contribution in [-0.2, 0) is 14.0 Å². The summed E-state index contributed by atoms with van der Waals surface area (Å²) in [7, 11) is -1.66. The molecular weight excluding hydrogens is 292 g/mol. The van der Waals surface area contributed by atoms with Crippen LogP contribution in [0.4, 0.5) is 0 Å². The maximum Gasteiger partial charge on any atom is 0.302 e. The molecule has 0 bridgehead atoms. The van der Waals surface area contributed by atoms with Crippen LogP contribution in [-0.4, -0.2) is 27.5 Å². The Labute approximate surface area is 137 Å². The lowest BCUT2D eigenvalue weighted by atomic mass is 10.1. The first-order chi connectivity index (χ1) is 9.95. The van der Waals surface area contributed by atoms with Crippen LogP contribution < -0.4 is 0 Å². The fourth-order valence-corrected chi connectivity index (χ4v) is 2.54. The van der Waals surface area contributed by atoms with E-state index in [1.165, 1.54) is 18.1 Å². The first kappa shape index (κ1) is 21.1. The van der Waals surface area contributed by atoms with Gasteiger partial charge in [0.2, 0.25) is 0 Å². The molecule has 0 aromatic heterocycles. The molecule has 0 saturated carbocycles. The first-order valence-corrected chi connectivity index (χ1v) is 10.9. The average molecular weight is 327 g/mol. The maximum atomic E-state index is 10.7. The van der Waals surface area contributed by atoms with Crippen LogP contribution in [0.5, 0.6) is 0 Å². The molecule has 0 aliphatic carbocycles. The lowest BCUT2D eigenvalue weighted by Gasteiger charge is -2.36. The summed E-state index contributed by atoms with van der Waals surface area (Å²) in [5, 5.41) is 0.253. The van der Waals surface area contributed by atoms with E-state index in [-0.39, 0.29) is 11.0 Å². The molecule has 0 fully saturated rings. The van der Waals surface area contributed by atoms with Gasteiger partial charge < -0.3 is 9.16 Å². The largest absolute Gasteiger partial charge is 0.462 e. The van der Waals surface area contributed by atoms with Crippen molar-refractivity contribution in [2.24, 2.45) is 0 Å². The lowest BCUT2D eigenvalue weighted by Crippen LogP contribution is -2.41. The number of rotatable bonds is 8. The highest BCUT2D eigenvalue weighted by Gasteiger charge is 2.36. The van der Waals surface area contributed by atoms with Crippen molar-refractivity contribution in [3.8, 4) is 0 Å². The van der Waals surface area contributed by atoms with Crippen molar-refractivity contribution < 1.29 is 14.0 Å². The number of hydrogen-bond acceptors (Lipinski definition) is 3. The summed E-state index contributed by atoms with van der Waals surface area (Å²) in [6.45, 7) is 18.1. The zero-order chi connectivity index (χ0) is 17.4. The van der Waals surface area contributed by atoms with Crippen LogP contribution in [0.3, 0.4) is 0 Å². The third-order valence-corrected chi connectivity index (χ3v) is 8.70. The van der Waals surface area contributed by atoms with Gasteiger partial charge in [-0.3, -0.25) is 4.79 Å². The van der Waals surface area contributed by atoms with Gasteiger partial charge in [0.25, 0.3) is 0 Å². The van der Waals surface area contributed by atoms with Crippen LogP contribution in [0.25, 0.3) is 0 Å². The summed E-state index contributed by atoms with van der Waals surface area (Å²) < 4.78 is 11.1. The molecule has 0 N–H and O–H groups in total. The van der Waals surface area contributed by atoms with Gasteiger partial charge in [0.15, 0.2) is 8.32 Å². The Hall–Kier alpha value is -0.873. The van der Waals surface area contributed by atoms with Crippen molar-refractivity contribution in [3.63, 3.8) is 0 Å². The molecule has 0 amide bonds. The minimum atomic E-state index is -1.66. The summed E-state index contributed by atoms with van der Waals surface area (Å²) in [5.41, 5.74) is 2.54. The second kappa shape index (κ2) is 9.31. The second-order valence-corrected chi connectivity index (χ2v) is 12.3. The van der Waals surface area contributed by atoms with Crippen LogP contribution in [0.15, 0.2) is 23.3 Å². The maximum absolute atomic E-state index is 10.7. The molecule has 0 aliphatic heterocycles. The molecule has 0 spiro atoms. The van der Waals surface area contributed by atoms with Gasteiger partial charge in [-0.1, -0.05) is 38.0 Å². The van der Waals surface area contributed by atoms with E-state index in [1.54, 1.807) is 0 Å². The highest BCUT2D eigenvalue weighted by molar-refractivity contribution is 6.74. The third-order valence-electron chi connectivity index (χ3n) is 4.22. The van der Waals surface area contributed by atoms with Gasteiger partial charge in [-0.15, -0.1) is 0 Å². The number of carbonyl (C=O) groups excluding carboxylic acids is 1. The van der Waals surface area contributed by atoms with Crippen LogP contribution >= 0.6 is 0 Å². The molecular formula is C18H34O3Si. The Bertz CT molecular complexity index is 415. The number of allylic oxidation sites excluding steroid dienone is 2. The van der Waals surface area contributed by atoms with E-state index < -0.39 is 8.32 Å². The molecule has 4 heteroatoms. The average Bonchev–Trinajstić information content (AvgIpc) is 2.34. The van der Waals surface area contributed by atoms with Crippen molar-refractivity contribution in [3.05, 3.63) is 23.3 Å². The molecule has 0 unspecified atom stereocenters. The van der Waals surface area contributed by atoms with Crippen molar-refractivity contribution in [1.29, 1.82) is 0 Å². The Morgan fingerprint density at radius 3 is 2.14 bits per heavy atom. The zero-order valence-corrected chi connectivity index (χ0v) is 16.7. The Kier molecular flexibility index (Phi) is 8.94. The van der Waals surface area contributed by atoms with Gasteiger partial charge in [-0.2, -0.15) is 0 Å². The molecule has 3 nitrogen and oxygen atoms in total. The summed E-state index contributed by atoms with van der Waals surface area (Å²) >= 11 is 0. The molecule has 0 saturated heterocycles. The smallest absolute Gasteiger partial charge is 0.302 e. The van der Waals surface area contributed by atoms with Crippen LogP contribution in [0.2, 0.25) is 18.1 Å². The van der Waals surface area contributed by atoms with Gasteiger partial charge in [-0.25, -0.2) is 0 Å². The highest BCUT2D eigenvalue weighted by atomic mass is 28.4. The van der Waals surface area contributed by atoms with E-state index in [9.17, 15) is 4.79 Å². The minimum absolute atomic E-state index is 0.234. The quantitative estimate of drug-likeness (QED) is 0.347. The van der Waals surface area contributed by atoms with Gasteiger partial charge in [0, 0.05) is 6.92 Å². The molecule has 0 aliphatic rings. The lowest BCUT2D eigenvalue weighted by molar-refractivity contribution is -0.139. The number of carbonyl (C=O) groups is 1. The first-order valence-electron chi connectivity index (χ1n) is 8.04. The van der Waals surface area contributed by atoms with E-state index >= 15 is 0 Å². The Morgan fingerprint density at radius 1 is 1.05 bits per heavy atom. The van der Waals surface area contributed by atoms with Gasteiger partial charge in [0.05, 0.1) is 6.61 Å². The third kappa shape index (κ3) is 9.21. The molecule has 0 aromatic rings. The highest BCUT2D eigenvalue weighted by Crippen LogP contribution is 2.36. The Balaban J connectivity index is 4.17. The molecule has 128 valence electrons. The zero-order valence-electron chi connectivity index (χ0n) is 15.7. The predicted molar refractivity (Wildman–Crippen MR) is 96.5 cm³/mol. The number of esters is 1. The standard InChI is InChI=1S/C18H34O3Si/c1-15(12-13-20-17(3)19)10-9-11-16(2)14-21-22(7,8)18(4,5)6/h11-12H,9-10,13-14H2,1-8H3/b15-12+,16-11+. The van der Waals surface area contributed by atoms with Crippen LogP contribution in [0, 0.1) is 0 Å².